The number of nitrogens with zero attached hydrogens (tertiary/aromatic N) is 1. The first kappa shape index (κ1) is 16.1. The third kappa shape index (κ3) is 4.59. The minimum absolute atomic E-state index is 0.101. The zero-order valence-electron chi connectivity index (χ0n) is 11.9. The smallest absolute Gasteiger partial charge is 0.310 e. The number of carbonyl (C=O) groups excluding carboxylic acids is 2. The second-order valence-electron chi connectivity index (χ2n) is 4.85. The molecule has 1 fully saturated rings. The predicted octanol–water partition coefficient (Wildman–Crippen LogP) is 2.70. The Bertz CT molecular complexity index is 538. The van der Waals surface area contributed by atoms with Crippen molar-refractivity contribution < 1.29 is 18.7 Å². The van der Waals surface area contributed by atoms with Crippen molar-refractivity contribution in [3.8, 4) is 0 Å². The SMILES string of the molecule is CCOC(=O)C1CCCN(C(=O)/C=C/c2ccc(I)o2)C1. The molecule has 0 saturated carbocycles. The Morgan fingerprint density at radius 2 is 2.33 bits per heavy atom. The quantitative estimate of drug-likeness (QED) is 0.441. The molecule has 1 unspecified atom stereocenters. The van der Waals surface area contributed by atoms with Crippen LogP contribution < -0.4 is 0 Å². The summed E-state index contributed by atoms with van der Waals surface area (Å²) >= 11 is 2.07. The zero-order chi connectivity index (χ0) is 15.2. The summed E-state index contributed by atoms with van der Waals surface area (Å²) in [5.41, 5.74) is 0. The lowest BCUT2D eigenvalue weighted by Gasteiger charge is -2.30. The number of piperidine rings is 1. The van der Waals surface area contributed by atoms with E-state index in [9.17, 15) is 9.59 Å². The van der Waals surface area contributed by atoms with Gasteiger partial charge in [-0.05, 0) is 60.6 Å². The van der Waals surface area contributed by atoms with Gasteiger partial charge in [-0.2, -0.15) is 0 Å². The topological polar surface area (TPSA) is 59.8 Å². The molecule has 5 nitrogen and oxygen atoms in total. The monoisotopic (exact) mass is 403 g/mol. The van der Waals surface area contributed by atoms with Crippen LogP contribution in [0, 0.1) is 9.68 Å². The van der Waals surface area contributed by atoms with Gasteiger partial charge in [0.2, 0.25) is 5.91 Å². The fourth-order valence-electron chi connectivity index (χ4n) is 2.31. The molecular weight excluding hydrogens is 385 g/mol. The van der Waals surface area contributed by atoms with Crippen LogP contribution in [0.1, 0.15) is 25.5 Å². The molecule has 1 aromatic heterocycles. The van der Waals surface area contributed by atoms with Gasteiger partial charge in [0.1, 0.15) is 5.76 Å². The molecular formula is C15H18INO4. The van der Waals surface area contributed by atoms with Crippen LogP contribution in [0.3, 0.4) is 0 Å². The van der Waals surface area contributed by atoms with E-state index >= 15 is 0 Å². The molecule has 0 N–H and O–H groups in total. The Hall–Kier alpha value is -1.31. The first-order valence-corrected chi connectivity index (χ1v) is 8.07. The summed E-state index contributed by atoms with van der Waals surface area (Å²) in [4.78, 5) is 25.6. The number of carbonyl (C=O) groups is 2. The average Bonchev–Trinajstić information content (AvgIpc) is 2.91. The van der Waals surface area contributed by atoms with Crippen molar-refractivity contribution in [3.05, 3.63) is 27.7 Å². The summed E-state index contributed by atoms with van der Waals surface area (Å²) in [6.07, 6.45) is 4.74. The first-order valence-electron chi connectivity index (χ1n) is 6.99. The zero-order valence-corrected chi connectivity index (χ0v) is 14.0. The molecule has 1 aliphatic heterocycles. The number of likely N-dealkylation sites (tertiary alicyclic amines) is 1. The molecule has 6 heteroatoms. The summed E-state index contributed by atoms with van der Waals surface area (Å²) in [6, 6.07) is 3.64. The second kappa shape index (κ2) is 7.63. The maximum atomic E-state index is 12.1. The third-order valence-electron chi connectivity index (χ3n) is 3.34. The van der Waals surface area contributed by atoms with Gasteiger partial charge in [-0.15, -0.1) is 0 Å². The number of hydrogen-bond acceptors (Lipinski definition) is 4. The molecule has 21 heavy (non-hydrogen) atoms. The lowest BCUT2D eigenvalue weighted by atomic mass is 9.98. The van der Waals surface area contributed by atoms with Crippen LogP contribution in [0.2, 0.25) is 0 Å². The van der Waals surface area contributed by atoms with E-state index in [0.717, 1.165) is 16.6 Å². The maximum absolute atomic E-state index is 12.1. The van der Waals surface area contributed by atoms with Crippen molar-refractivity contribution in [2.45, 2.75) is 19.8 Å². The van der Waals surface area contributed by atoms with Gasteiger partial charge in [0.15, 0.2) is 3.77 Å². The number of amides is 1. The molecule has 1 aromatic rings. The van der Waals surface area contributed by atoms with Crippen LogP contribution >= 0.6 is 22.6 Å². The highest BCUT2D eigenvalue weighted by Crippen LogP contribution is 2.19. The average molecular weight is 403 g/mol. The molecule has 1 atom stereocenters. The number of halogens is 1. The van der Waals surface area contributed by atoms with E-state index in [1.54, 1.807) is 17.9 Å². The summed E-state index contributed by atoms with van der Waals surface area (Å²) in [6.45, 7) is 3.27. The minimum Gasteiger partial charge on any atom is -0.466 e. The molecule has 2 heterocycles. The predicted molar refractivity (Wildman–Crippen MR) is 86.4 cm³/mol. The molecule has 1 saturated heterocycles. The molecule has 0 spiro atoms. The van der Waals surface area contributed by atoms with Gasteiger partial charge in [0, 0.05) is 19.2 Å². The summed E-state index contributed by atoms with van der Waals surface area (Å²) in [7, 11) is 0. The van der Waals surface area contributed by atoms with Crippen molar-refractivity contribution in [3.63, 3.8) is 0 Å². The largest absolute Gasteiger partial charge is 0.466 e. The minimum atomic E-state index is -0.209. The first-order chi connectivity index (χ1) is 10.1. The standard InChI is InChI=1S/C15H18INO4/c1-2-20-15(19)11-4-3-9-17(10-11)14(18)8-6-12-5-7-13(16)21-12/h5-8,11H,2-4,9-10H2,1H3/b8-6+. The lowest BCUT2D eigenvalue weighted by Crippen LogP contribution is -2.42. The Kier molecular flexibility index (Phi) is 5.84. The van der Waals surface area contributed by atoms with E-state index in [1.807, 2.05) is 12.1 Å². The third-order valence-corrected chi connectivity index (χ3v) is 3.92. The van der Waals surface area contributed by atoms with E-state index in [0.29, 0.717) is 25.5 Å². The van der Waals surface area contributed by atoms with Crippen LogP contribution in [0.5, 0.6) is 0 Å². The van der Waals surface area contributed by atoms with Crippen LogP contribution in [-0.4, -0.2) is 36.5 Å². The van der Waals surface area contributed by atoms with Crippen LogP contribution in [0.25, 0.3) is 6.08 Å². The van der Waals surface area contributed by atoms with Crippen molar-refractivity contribution in [1.82, 2.24) is 4.90 Å². The van der Waals surface area contributed by atoms with Crippen molar-refractivity contribution in [2.75, 3.05) is 19.7 Å². The summed E-state index contributed by atoms with van der Waals surface area (Å²) in [5, 5.41) is 0. The van der Waals surface area contributed by atoms with Crippen molar-refractivity contribution in [2.24, 2.45) is 5.92 Å². The van der Waals surface area contributed by atoms with E-state index in [-0.39, 0.29) is 17.8 Å². The van der Waals surface area contributed by atoms with Crippen molar-refractivity contribution in [1.29, 1.82) is 0 Å². The second-order valence-corrected chi connectivity index (χ2v) is 5.91. The molecule has 0 radical (unpaired) electrons. The Labute approximate surface area is 137 Å². The van der Waals surface area contributed by atoms with E-state index in [1.165, 1.54) is 6.08 Å². The summed E-state index contributed by atoms with van der Waals surface area (Å²) < 4.78 is 11.2. The Morgan fingerprint density at radius 3 is 3.00 bits per heavy atom. The maximum Gasteiger partial charge on any atom is 0.310 e. The van der Waals surface area contributed by atoms with E-state index in [2.05, 4.69) is 22.6 Å². The number of hydrogen-bond donors (Lipinski definition) is 0. The van der Waals surface area contributed by atoms with Gasteiger partial charge in [0.05, 0.1) is 12.5 Å². The van der Waals surface area contributed by atoms with Gasteiger partial charge in [-0.3, -0.25) is 9.59 Å². The van der Waals surface area contributed by atoms with Gasteiger partial charge in [-0.1, -0.05) is 0 Å². The normalized spacial score (nSPS) is 19.0. The molecule has 1 aliphatic rings. The van der Waals surface area contributed by atoms with Crippen LogP contribution in [0.15, 0.2) is 22.6 Å². The molecule has 0 aromatic carbocycles. The van der Waals surface area contributed by atoms with Gasteiger partial charge >= 0.3 is 5.97 Å². The highest BCUT2D eigenvalue weighted by Gasteiger charge is 2.28. The van der Waals surface area contributed by atoms with Gasteiger partial charge < -0.3 is 14.1 Å². The fourth-order valence-corrected chi connectivity index (χ4v) is 2.74. The Balaban J connectivity index is 1.92. The van der Waals surface area contributed by atoms with Crippen molar-refractivity contribution >= 4 is 40.5 Å². The molecule has 0 aliphatic carbocycles. The number of esters is 1. The Morgan fingerprint density at radius 1 is 1.52 bits per heavy atom. The molecule has 0 bridgehead atoms. The summed E-state index contributed by atoms with van der Waals surface area (Å²) in [5.74, 6) is 0.127. The van der Waals surface area contributed by atoms with Crippen LogP contribution in [0.4, 0.5) is 0 Å². The van der Waals surface area contributed by atoms with Crippen LogP contribution in [-0.2, 0) is 14.3 Å². The van der Waals surface area contributed by atoms with E-state index < -0.39 is 0 Å². The highest BCUT2D eigenvalue weighted by molar-refractivity contribution is 14.1. The molecule has 2 rings (SSSR count). The number of rotatable bonds is 4. The number of ether oxygens (including phenoxy) is 1. The van der Waals surface area contributed by atoms with Gasteiger partial charge in [-0.25, -0.2) is 0 Å². The molecule has 114 valence electrons. The number of furan rings is 1. The fraction of sp³-hybridized carbons (Fsp3) is 0.467. The lowest BCUT2D eigenvalue weighted by molar-refractivity contribution is -0.150. The van der Waals surface area contributed by atoms with E-state index in [4.69, 9.17) is 9.15 Å². The van der Waals surface area contributed by atoms with Gasteiger partial charge in [0.25, 0.3) is 0 Å². The molecule has 1 amide bonds. The highest BCUT2D eigenvalue weighted by atomic mass is 127.